The highest BCUT2D eigenvalue weighted by Crippen LogP contribution is 2.22. The first kappa shape index (κ1) is 20.7. The van der Waals surface area contributed by atoms with Gasteiger partial charge in [0.25, 0.3) is 10.2 Å². The molecule has 2 heterocycles. The minimum Gasteiger partial charge on any atom is -0.381 e. The van der Waals surface area contributed by atoms with E-state index >= 15 is 0 Å². The molecule has 1 N–H and O–H groups in total. The molecular weight excluding hydrogens is 362 g/mol. The maximum absolute atomic E-state index is 12.6. The number of nitrogens with one attached hydrogen (secondary N) is 1. The quantitative estimate of drug-likeness (QED) is 0.734. The highest BCUT2D eigenvalue weighted by Gasteiger charge is 2.28. The van der Waals surface area contributed by atoms with Crippen LogP contribution in [0.2, 0.25) is 0 Å². The van der Waals surface area contributed by atoms with Crippen LogP contribution in [0.25, 0.3) is 0 Å². The first-order valence-corrected chi connectivity index (χ1v) is 11.6. The summed E-state index contributed by atoms with van der Waals surface area (Å²) >= 11 is 0. The molecule has 0 bridgehead atoms. The van der Waals surface area contributed by atoms with E-state index < -0.39 is 10.2 Å². The molecule has 7 heteroatoms. The van der Waals surface area contributed by atoms with Crippen LogP contribution in [0.15, 0.2) is 30.3 Å². The van der Waals surface area contributed by atoms with Crippen LogP contribution in [0.3, 0.4) is 0 Å². The molecule has 0 aromatic heterocycles. The summed E-state index contributed by atoms with van der Waals surface area (Å²) in [6.45, 7) is 3.62. The summed E-state index contributed by atoms with van der Waals surface area (Å²) < 4.78 is 34.8. The molecule has 152 valence electrons. The molecule has 27 heavy (non-hydrogen) atoms. The van der Waals surface area contributed by atoms with E-state index in [0.717, 1.165) is 38.8 Å². The minimum atomic E-state index is -3.38. The van der Waals surface area contributed by atoms with Gasteiger partial charge in [-0.1, -0.05) is 36.8 Å². The number of hydrogen-bond acceptors (Lipinski definition) is 4. The summed E-state index contributed by atoms with van der Waals surface area (Å²) in [5.41, 5.74) is 1.32. The number of hydrogen-bond donors (Lipinski definition) is 1. The van der Waals surface area contributed by atoms with Crippen LogP contribution in [0.1, 0.15) is 44.1 Å². The summed E-state index contributed by atoms with van der Waals surface area (Å²) in [7, 11) is -1.69. The highest BCUT2D eigenvalue weighted by molar-refractivity contribution is 7.87. The number of likely N-dealkylation sites (tertiary alicyclic amines) is 1. The number of benzene rings is 1. The zero-order valence-corrected chi connectivity index (χ0v) is 17.2. The Morgan fingerprint density at radius 2 is 1.81 bits per heavy atom. The van der Waals surface area contributed by atoms with Gasteiger partial charge >= 0.3 is 0 Å². The number of piperidine rings is 2. The zero-order valence-electron chi connectivity index (χ0n) is 16.3. The van der Waals surface area contributed by atoms with Crippen molar-refractivity contribution in [3.8, 4) is 0 Å². The van der Waals surface area contributed by atoms with E-state index in [4.69, 9.17) is 4.74 Å². The van der Waals surface area contributed by atoms with Crippen LogP contribution in [0, 0.1) is 0 Å². The molecule has 2 saturated heterocycles. The van der Waals surface area contributed by atoms with E-state index in [1.165, 1.54) is 18.4 Å². The predicted octanol–water partition coefficient (Wildman–Crippen LogP) is 2.38. The third-order valence-electron chi connectivity index (χ3n) is 5.81. The first-order valence-electron chi connectivity index (χ1n) is 10.1. The Balaban J connectivity index is 1.47. The maximum Gasteiger partial charge on any atom is 0.279 e. The molecule has 0 saturated carbocycles. The monoisotopic (exact) mass is 395 g/mol. The van der Waals surface area contributed by atoms with Crippen LogP contribution in [0.5, 0.6) is 0 Å². The Bertz CT molecular complexity index is 660. The third kappa shape index (κ3) is 5.99. The molecule has 3 rings (SSSR count). The molecule has 0 radical (unpaired) electrons. The number of methoxy groups -OCH3 is 1. The van der Waals surface area contributed by atoms with Crippen molar-refractivity contribution in [1.29, 1.82) is 0 Å². The molecule has 0 amide bonds. The molecule has 2 fully saturated rings. The fourth-order valence-electron chi connectivity index (χ4n) is 4.17. The van der Waals surface area contributed by atoms with Crippen LogP contribution >= 0.6 is 0 Å². The number of rotatable bonds is 8. The highest BCUT2D eigenvalue weighted by atomic mass is 32.2. The molecule has 0 spiro atoms. The van der Waals surface area contributed by atoms with Gasteiger partial charge in [-0.15, -0.1) is 0 Å². The topological polar surface area (TPSA) is 61.9 Å². The normalized spacial score (nSPS) is 23.5. The van der Waals surface area contributed by atoms with E-state index in [1.807, 2.05) is 6.07 Å². The van der Waals surface area contributed by atoms with Gasteiger partial charge in [0.15, 0.2) is 0 Å². The van der Waals surface area contributed by atoms with Crippen molar-refractivity contribution in [1.82, 2.24) is 13.9 Å². The van der Waals surface area contributed by atoms with Gasteiger partial charge in [-0.3, -0.25) is 4.90 Å². The van der Waals surface area contributed by atoms with Crippen molar-refractivity contribution in [2.45, 2.75) is 57.2 Å². The van der Waals surface area contributed by atoms with Gasteiger partial charge in [0.05, 0.1) is 6.10 Å². The third-order valence-corrected chi connectivity index (χ3v) is 7.43. The predicted molar refractivity (Wildman–Crippen MR) is 108 cm³/mol. The van der Waals surface area contributed by atoms with Gasteiger partial charge in [-0.05, 0) is 44.2 Å². The fraction of sp³-hybridized carbons (Fsp3) is 0.700. The van der Waals surface area contributed by atoms with Crippen molar-refractivity contribution < 1.29 is 13.2 Å². The standard InChI is InChI=1S/C20H33N3O3S/c1-26-20-11-15-23(16-12-20)27(24,25)21-13-10-19-9-5-6-14-22(19)17-18-7-3-2-4-8-18/h2-4,7-8,19-21H,5-6,9-17H2,1H3/t19-/m0/s1. The van der Waals surface area contributed by atoms with Gasteiger partial charge in [0.1, 0.15) is 0 Å². The molecule has 6 nitrogen and oxygen atoms in total. The first-order chi connectivity index (χ1) is 13.1. The van der Waals surface area contributed by atoms with Gasteiger partial charge in [0, 0.05) is 39.3 Å². The van der Waals surface area contributed by atoms with Crippen LogP contribution in [0.4, 0.5) is 0 Å². The van der Waals surface area contributed by atoms with E-state index in [-0.39, 0.29) is 6.10 Å². The molecular formula is C20H33N3O3S. The molecule has 1 aromatic rings. The van der Waals surface area contributed by atoms with Crippen molar-refractivity contribution in [2.24, 2.45) is 0 Å². The zero-order chi connectivity index (χ0) is 19.1. The second-order valence-corrected chi connectivity index (χ2v) is 9.38. The number of nitrogens with zero attached hydrogens (tertiary/aromatic N) is 2. The molecule has 0 aliphatic carbocycles. The van der Waals surface area contributed by atoms with Crippen LogP contribution < -0.4 is 4.72 Å². The largest absolute Gasteiger partial charge is 0.381 e. The van der Waals surface area contributed by atoms with E-state index in [9.17, 15) is 8.42 Å². The summed E-state index contributed by atoms with van der Waals surface area (Å²) in [5, 5.41) is 0. The van der Waals surface area contributed by atoms with Crippen molar-refractivity contribution in [3.63, 3.8) is 0 Å². The van der Waals surface area contributed by atoms with Crippen molar-refractivity contribution in [2.75, 3.05) is 33.3 Å². The Hall–Kier alpha value is -0.990. The summed E-state index contributed by atoms with van der Waals surface area (Å²) in [6.07, 6.45) is 6.19. The SMILES string of the molecule is COC1CCN(S(=O)(=O)NCC[C@@H]2CCCCN2Cc2ccccc2)CC1. The summed E-state index contributed by atoms with van der Waals surface area (Å²) in [6, 6.07) is 11.0. The van der Waals surface area contributed by atoms with Gasteiger partial charge in [-0.2, -0.15) is 12.7 Å². The van der Waals surface area contributed by atoms with E-state index in [1.54, 1.807) is 11.4 Å². The second-order valence-electron chi connectivity index (χ2n) is 7.63. The second kappa shape index (κ2) is 9.98. The molecule has 1 atom stereocenters. The maximum atomic E-state index is 12.6. The van der Waals surface area contributed by atoms with Gasteiger partial charge in [-0.25, -0.2) is 4.72 Å². The van der Waals surface area contributed by atoms with E-state index in [0.29, 0.717) is 25.7 Å². The lowest BCUT2D eigenvalue weighted by Gasteiger charge is -2.36. The van der Waals surface area contributed by atoms with Crippen molar-refractivity contribution >= 4 is 10.2 Å². The molecule has 1 aromatic carbocycles. The van der Waals surface area contributed by atoms with E-state index in [2.05, 4.69) is 33.9 Å². The van der Waals surface area contributed by atoms with Crippen LogP contribution in [-0.4, -0.2) is 63.1 Å². The Labute approximate surface area is 164 Å². The molecule has 2 aliphatic rings. The van der Waals surface area contributed by atoms with Gasteiger partial charge in [0.2, 0.25) is 0 Å². The number of ether oxygens (including phenoxy) is 1. The lowest BCUT2D eigenvalue weighted by atomic mass is 9.98. The summed E-state index contributed by atoms with van der Waals surface area (Å²) in [4.78, 5) is 2.51. The van der Waals surface area contributed by atoms with Crippen LogP contribution in [-0.2, 0) is 21.5 Å². The molecule has 2 aliphatic heterocycles. The van der Waals surface area contributed by atoms with Gasteiger partial charge < -0.3 is 4.74 Å². The fourth-order valence-corrected chi connectivity index (χ4v) is 5.42. The average Bonchev–Trinajstić information content (AvgIpc) is 2.70. The summed E-state index contributed by atoms with van der Waals surface area (Å²) in [5.74, 6) is 0. The minimum absolute atomic E-state index is 0.185. The Morgan fingerprint density at radius 3 is 2.52 bits per heavy atom. The Kier molecular flexibility index (Phi) is 7.66. The van der Waals surface area contributed by atoms with Crippen molar-refractivity contribution in [3.05, 3.63) is 35.9 Å². The average molecular weight is 396 g/mol. The lowest BCUT2D eigenvalue weighted by Crippen LogP contribution is -2.47. The smallest absolute Gasteiger partial charge is 0.279 e. The Morgan fingerprint density at radius 1 is 1.07 bits per heavy atom. The lowest BCUT2D eigenvalue weighted by molar-refractivity contribution is 0.0601. The molecule has 0 unspecified atom stereocenters.